The van der Waals surface area contributed by atoms with Crippen LogP contribution in [-0.4, -0.2) is 79.5 Å². The molecule has 1 N–H and O–H groups in total. The van der Waals surface area contributed by atoms with Gasteiger partial charge in [0.15, 0.2) is 0 Å². The van der Waals surface area contributed by atoms with Crippen LogP contribution in [0.4, 0.5) is 0 Å². The third kappa shape index (κ3) is 11.0. The van der Waals surface area contributed by atoms with Crippen LogP contribution < -0.4 is 0 Å². The Hall–Kier alpha value is -5.28. The van der Waals surface area contributed by atoms with Gasteiger partial charge >= 0.3 is 23.9 Å². The lowest BCUT2D eigenvalue weighted by Gasteiger charge is -2.38. The molecule has 3 aromatic rings. The summed E-state index contributed by atoms with van der Waals surface area (Å²) in [6.07, 6.45) is 5.24. The molecule has 0 fully saturated rings. The number of benzene rings is 3. The van der Waals surface area contributed by atoms with Gasteiger partial charge in [0, 0.05) is 6.42 Å². The van der Waals surface area contributed by atoms with Crippen LogP contribution >= 0.6 is 0 Å². The molecule has 0 heterocycles. The number of carboxylic acids is 1. The zero-order valence-corrected chi connectivity index (χ0v) is 25.9. The molecule has 0 atom stereocenters. The van der Waals surface area contributed by atoms with E-state index in [4.69, 9.17) is 14.2 Å². The maximum atomic E-state index is 12.8. The minimum atomic E-state index is -0.948. The van der Waals surface area contributed by atoms with Crippen molar-refractivity contribution >= 4 is 42.1 Å². The Balaban J connectivity index is 1.74. The second-order valence-corrected chi connectivity index (χ2v) is 10.6. The Bertz CT molecular complexity index is 1340. The van der Waals surface area contributed by atoms with Crippen LogP contribution in [0.15, 0.2) is 92.5 Å². The van der Waals surface area contributed by atoms with E-state index in [1.54, 1.807) is 91.0 Å². The van der Waals surface area contributed by atoms with Crippen LogP contribution in [0, 0.1) is 0 Å². The highest BCUT2D eigenvalue weighted by atomic mass is 16.5. The molecular weight excluding hydrogens is 586 g/mol. The number of nitrogens with zero attached hydrogens (tertiary/aromatic N) is 1. The Morgan fingerprint density at radius 3 is 1.11 bits per heavy atom. The minimum Gasteiger partial charge on any atom is -0.481 e. The maximum absolute atomic E-state index is 12.8. The highest BCUT2D eigenvalue weighted by Crippen LogP contribution is 2.15. The molecule has 9 nitrogen and oxygen atoms in total. The first-order chi connectivity index (χ1) is 22.2. The van der Waals surface area contributed by atoms with E-state index in [1.807, 2.05) is 0 Å². The SMILES string of the molecule is C=Cc1ccc(C(=O)OCC[N+](CCCC(=O)O)(CCOC(=O)c2ccc(C=C)cc2)CCOC(=O)c2ccc(C=C)cc2)cc1. The summed E-state index contributed by atoms with van der Waals surface area (Å²) in [5.41, 5.74) is 3.72. The first-order valence-corrected chi connectivity index (χ1v) is 14.9. The van der Waals surface area contributed by atoms with Gasteiger partial charge in [-0.25, -0.2) is 14.4 Å². The molecule has 3 rings (SSSR count). The zero-order valence-electron chi connectivity index (χ0n) is 25.9. The lowest BCUT2D eigenvalue weighted by atomic mass is 10.1. The quantitative estimate of drug-likeness (QED) is 0.0955. The third-order valence-electron chi connectivity index (χ3n) is 7.57. The fourth-order valence-electron chi connectivity index (χ4n) is 4.75. The van der Waals surface area contributed by atoms with Crippen molar-refractivity contribution < 1.29 is 43.0 Å². The number of aliphatic carboxylic acids is 1. The summed E-state index contributed by atoms with van der Waals surface area (Å²) in [4.78, 5) is 49.7. The molecule has 0 radical (unpaired) electrons. The Labute approximate surface area is 269 Å². The fourth-order valence-corrected chi connectivity index (χ4v) is 4.75. The molecule has 0 aromatic heterocycles. The largest absolute Gasteiger partial charge is 0.481 e. The Kier molecular flexibility index (Phi) is 13.7. The Morgan fingerprint density at radius 2 is 0.848 bits per heavy atom. The van der Waals surface area contributed by atoms with Gasteiger partial charge in [-0.2, -0.15) is 0 Å². The molecule has 9 heteroatoms. The summed E-state index contributed by atoms with van der Waals surface area (Å²) in [6.45, 7) is 12.3. The van der Waals surface area contributed by atoms with Gasteiger partial charge in [0.2, 0.25) is 0 Å². The predicted molar refractivity (Wildman–Crippen MR) is 177 cm³/mol. The van der Waals surface area contributed by atoms with Crippen molar-refractivity contribution in [2.24, 2.45) is 0 Å². The summed E-state index contributed by atoms with van der Waals surface area (Å²) in [7, 11) is 0. The van der Waals surface area contributed by atoms with E-state index in [2.05, 4.69) is 19.7 Å². The van der Waals surface area contributed by atoms with Crippen molar-refractivity contribution in [3.05, 3.63) is 126 Å². The number of quaternary nitrogens is 1. The van der Waals surface area contributed by atoms with Crippen LogP contribution in [0.3, 0.4) is 0 Å². The topological polar surface area (TPSA) is 116 Å². The van der Waals surface area contributed by atoms with E-state index in [0.717, 1.165) is 16.7 Å². The standard InChI is InChI=1S/C37H39NO8/c1-4-28-9-15-31(16-10-28)35(41)44-25-22-38(21-7-8-34(39)40,23-26-45-36(42)32-17-11-29(5-2)12-18-32)24-27-46-37(43)33-19-13-30(6-3)14-20-33/h4-6,9-20H,1-3,7-8,21-27H2/p+1. The number of hydrogen-bond donors (Lipinski definition) is 1. The van der Waals surface area contributed by atoms with Gasteiger partial charge in [-0.05, 0) is 53.1 Å². The van der Waals surface area contributed by atoms with E-state index in [0.29, 0.717) is 29.7 Å². The Morgan fingerprint density at radius 1 is 0.543 bits per heavy atom. The van der Waals surface area contributed by atoms with E-state index >= 15 is 0 Å². The lowest BCUT2D eigenvalue weighted by Crippen LogP contribution is -2.54. The number of carbonyl (C=O) groups is 4. The van der Waals surface area contributed by atoms with Crippen LogP contribution in [0.1, 0.15) is 60.6 Å². The van der Waals surface area contributed by atoms with Crippen molar-refractivity contribution in [2.45, 2.75) is 12.8 Å². The van der Waals surface area contributed by atoms with Crippen molar-refractivity contribution in [1.82, 2.24) is 0 Å². The molecule has 0 spiro atoms. The van der Waals surface area contributed by atoms with Gasteiger partial charge in [0.25, 0.3) is 0 Å². The highest BCUT2D eigenvalue weighted by Gasteiger charge is 2.29. The summed E-state index contributed by atoms with van der Waals surface area (Å²) >= 11 is 0. The number of carboxylic acid groups (broad SMARTS) is 1. The number of hydrogen-bond acceptors (Lipinski definition) is 7. The van der Waals surface area contributed by atoms with Gasteiger partial charge in [-0.3, -0.25) is 4.79 Å². The minimum absolute atomic E-state index is 0.00301. The van der Waals surface area contributed by atoms with Crippen LogP contribution in [0.2, 0.25) is 0 Å². The summed E-state index contributed by atoms with van der Waals surface area (Å²) < 4.78 is 17.0. The third-order valence-corrected chi connectivity index (χ3v) is 7.57. The second kappa shape index (κ2) is 17.9. The summed E-state index contributed by atoms with van der Waals surface area (Å²) in [5, 5.41) is 9.31. The predicted octanol–water partition coefficient (Wildman–Crippen LogP) is 6.17. The maximum Gasteiger partial charge on any atom is 0.338 e. The first kappa shape index (κ1) is 35.2. The van der Waals surface area contributed by atoms with Crippen LogP contribution in [-0.2, 0) is 19.0 Å². The van der Waals surface area contributed by atoms with Crippen molar-refractivity contribution in [1.29, 1.82) is 0 Å². The molecule has 0 aliphatic heterocycles. The number of rotatable bonds is 19. The van der Waals surface area contributed by atoms with Crippen LogP contribution in [0.25, 0.3) is 18.2 Å². The number of ether oxygens (including phenoxy) is 3. The molecule has 0 aliphatic rings. The van der Waals surface area contributed by atoms with Crippen molar-refractivity contribution in [2.75, 3.05) is 46.0 Å². The molecule has 0 bridgehead atoms. The molecule has 0 saturated heterocycles. The van der Waals surface area contributed by atoms with Gasteiger partial charge in [0.1, 0.15) is 39.5 Å². The molecular formula is C37H40NO8+. The lowest BCUT2D eigenvalue weighted by molar-refractivity contribution is -0.928. The molecule has 0 unspecified atom stereocenters. The highest BCUT2D eigenvalue weighted by molar-refractivity contribution is 5.90. The van der Waals surface area contributed by atoms with Gasteiger partial charge in [-0.15, -0.1) is 0 Å². The average Bonchev–Trinajstić information content (AvgIpc) is 3.08. The molecule has 0 saturated carbocycles. The summed E-state index contributed by atoms with van der Waals surface area (Å²) in [5.74, 6) is -2.48. The van der Waals surface area contributed by atoms with Gasteiger partial charge < -0.3 is 23.8 Å². The van der Waals surface area contributed by atoms with E-state index in [-0.39, 0.29) is 50.4 Å². The smallest absolute Gasteiger partial charge is 0.338 e. The zero-order chi connectivity index (χ0) is 33.4. The normalized spacial score (nSPS) is 10.8. The van der Waals surface area contributed by atoms with Crippen molar-refractivity contribution in [3.63, 3.8) is 0 Å². The van der Waals surface area contributed by atoms with E-state index in [9.17, 15) is 24.3 Å². The van der Waals surface area contributed by atoms with Crippen LogP contribution in [0.5, 0.6) is 0 Å². The molecule has 0 aliphatic carbocycles. The van der Waals surface area contributed by atoms with Gasteiger partial charge in [0.05, 0.1) is 29.7 Å². The fraction of sp³-hybridized carbons (Fsp3) is 0.243. The molecule has 240 valence electrons. The molecule has 46 heavy (non-hydrogen) atoms. The summed E-state index contributed by atoms with van der Waals surface area (Å²) in [6, 6.07) is 20.4. The first-order valence-electron chi connectivity index (χ1n) is 14.9. The molecule has 3 aromatic carbocycles. The van der Waals surface area contributed by atoms with E-state index in [1.165, 1.54) is 0 Å². The monoisotopic (exact) mass is 626 g/mol. The molecule has 0 amide bonds. The van der Waals surface area contributed by atoms with Crippen molar-refractivity contribution in [3.8, 4) is 0 Å². The number of carbonyl (C=O) groups excluding carboxylic acids is 3. The van der Waals surface area contributed by atoms with Gasteiger partial charge in [-0.1, -0.05) is 74.4 Å². The second-order valence-electron chi connectivity index (χ2n) is 10.6. The average molecular weight is 627 g/mol. The van der Waals surface area contributed by atoms with E-state index < -0.39 is 23.9 Å². The number of esters is 3.